The van der Waals surface area contributed by atoms with Crippen LogP contribution >= 0.6 is 23.2 Å². The number of hydrogen-bond donors (Lipinski definition) is 0. The first kappa shape index (κ1) is 17.3. The van der Waals surface area contributed by atoms with Gasteiger partial charge in [0.1, 0.15) is 11.5 Å². The molecule has 134 valence electrons. The van der Waals surface area contributed by atoms with E-state index in [1.807, 2.05) is 66.5 Å². The molecule has 0 radical (unpaired) electrons. The lowest BCUT2D eigenvalue weighted by Crippen LogP contribution is -2.54. The molecule has 4 rings (SSSR count). The van der Waals surface area contributed by atoms with E-state index in [1.54, 1.807) is 0 Å². The summed E-state index contributed by atoms with van der Waals surface area (Å²) < 4.78 is 9.72. The molecule has 1 unspecified atom stereocenters. The summed E-state index contributed by atoms with van der Waals surface area (Å²) in [6, 6.07) is 16.6. The van der Waals surface area contributed by atoms with Gasteiger partial charge < -0.3 is 14.4 Å². The third-order valence-corrected chi connectivity index (χ3v) is 5.47. The zero-order valence-electron chi connectivity index (χ0n) is 14.1. The Labute approximate surface area is 161 Å². The number of hydrogen-bond acceptors (Lipinski definition) is 4. The number of benzene rings is 2. The Morgan fingerprint density at radius 3 is 2.54 bits per heavy atom. The van der Waals surface area contributed by atoms with Gasteiger partial charge in [-0.3, -0.25) is 0 Å². The number of halogens is 2. The van der Waals surface area contributed by atoms with E-state index in [-0.39, 0.29) is 0 Å². The minimum atomic E-state index is -1.72. The lowest BCUT2D eigenvalue weighted by atomic mass is 9.92. The molecule has 0 bridgehead atoms. The summed E-state index contributed by atoms with van der Waals surface area (Å²) in [5, 5.41) is 0. The number of nitrogens with zero attached hydrogens (tertiary/aromatic N) is 1. The van der Waals surface area contributed by atoms with Gasteiger partial charge in [0.15, 0.2) is 0 Å². The Hall–Kier alpha value is -2.17. The molecular weight excluding hydrogens is 373 g/mol. The van der Waals surface area contributed by atoms with Crippen molar-refractivity contribution in [3.05, 3.63) is 65.7 Å². The molecule has 2 heterocycles. The highest BCUT2D eigenvalue weighted by Gasteiger charge is 2.53. The summed E-state index contributed by atoms with van der Waals surface area (Å²) in [4.78, 5) is 14.6. The fourth-order valence-electron chi connectivity index (χ4n) is 3.50. The molecular formula is C20H17Cl2NO3. The van der Waals surface area contributed by atoms with Crippen LogP contribution in [0.25, 0.3) is 5.76 Å². The van der Waals surface area contributed by atoms with Crippen LogP contribution in [0.2, 0.25) is 0 Å². The van der Waals surface area contributed by atoms with E-state index < -0.39 is 16.3 Å². The molecule has 6 heteroatoms. The zero-order chi connectivity index (χ0) is 18.3. The summed E-state index contributed by atoms with van der Waals surface area (Å²) in [6.45, 7) is 0.455. The van der Waals surface area contributed by atoms with Crippen LogP contribution in [0, 0.1) is 0 Å². The third kappa shape index (κ3) is 2.74. The maximum Gasteiger partial charge on any atom is 0.350 e. The lowest BCUT2D eigenvalue weighted by molar-refractivity contribution is -0.138. The van der Waals surface area contributed by atoms with Crippen molar-refractivity contribution in [1.82, 2.24) is 0 Å². The van der Waals surface area contributed by atoms with Crippen LogP contribution in [0.4, 0.5) is 5.69 Å². The Balaban J connectivity index is 1.89. The van der Waals surface area contributed by atoms with E-state index >= 15 is 0 Å². The molecule has 2 aliphatic rings. The molecule has 4 nitrogen and oxygen atoms in total. The normalized spacial score (nSPS) is 21.0. The monoisotopic (exact) mass is 389 g/mol. The van der Waals surface area contributed by atoms with E-state index in [0.29, 0.717) is 24.5 Å². The van der Waals surface area contributed by atoms with E-state index in [0.717, 1.165) is 16.8 Å². The number of rotatable bonds is 2. The van der Waals surface area contributed by atoms with Gasteiger partial charge in [0, 0.05) is 24.7 Å². The maximum atomic E-state index is 12.7. The number of likely N-dealkylation sites (N-methyl/N-ethyl adjacent to an activating group) is 1. The second kappa shape index (κ2) is 6.53. The summed E-state index contributed by atoms with van der Waals surface area (Å²) in [5.41, 5.74) is 2.50. The summed E-state index contributed by atoms with van der Waals surface area (Å²) >= 11 is 13.0. The molecule has 0 aliphatic carbocycles. The van der Waals surface area contributed by atoms with Crippen LogP contribution in [0.15, 0.2) is 60.2 Å². The fourth-order valence-corrected chi connectivity index (χ4v) is 4.13. The predicted molar refractivity (Wildman–Crippen MR) is 103 cm³/mol. The third-order valence-electron chi connectivity index (χ3n) is 4.74. The number of alkyl halides is 2. The molecule has 2 aliphatic heterocycles. The van der Waals surface area contributed by atoms with Gasteiger partial charge in [-0.2, -0.15) is 0 Å². The summed E-state index contributed by atoms with van der Waals surface area (Å²) in [7, 11) is 1.88. The number of fused-ring (bicyclic) bond motifs is 2. The van der Waals surface area contributed by atoms with Crippen LogP contribution in [0.1, 0.15) is 12.0 Å². The Kier molecular flexibility index (Phi) is 4.33. The van der Waals surface area contributed by atoms with E-state index in [9.17, 15) is 4.79 Å². The first-order valence-electron chi connectivity index (χ1n) is 8.33. The standard InChI is InChI=1S/C20H17Cl2NO3/c1-23(13-7-3-2-4-8-13)18-15-11-12-25-16-10-6-5-9-14(16)17(15)26-19(24)20(18,21)22/h2-10,18H,11-12H2,1H3. The number of para-hydroxylation sites is 2. The second-order valence-electron chi connectivity index (χ2n) is 6.31. The first-order chi connectivity index (χ1) is 12.5. The van der Waals surface area contributed by atoms with Gasteiger partial charge in [-0.05, 0) is 24.3 Å². The molecule has 0 aromatic heterocycles. The van der Waals surface area contributed by atoms with Crippen molar-refractivity contribution in [2.45, 2.75) is 16.8 Å². The van der Waals surface area contributed by atoms with Gasteiger partial charge in [-0.25, -0.2) is 4.79 Å². The molecule has 0 fully saturated rings. The second-order valence-corrected chi connectivity index (χ2v) is 7.70. The van der Waals surface area contributed by atoms with Gasteiger partial charge in [-0.1, -0.05) is 53.5 Å². The van der Waals surface area contributed by atoms with Crippen molar-refractivity contribution < 1.29 is 14.3 Å². The van der Waals surface area contributed by atoms with E-state index in [2.05, 4.69) is 0 Å². The van der Waals surface area contributed by atoms with Crippen molar-refractivity contribution in [3.63, 3.8) is 0 Å². The van der Waals surface area contributed by atoms with Gasteiger partial charge in [-0.15, -0.1) is 0 Å². The van der Waals surface area contributed by atoms with Gasteiger partial charge in [0.2, 0.25) is 4.33 Å². The van der Waals surface area contributed by atoms with Gasteiger partial charge in [0.25, 0.3) is 0 Å². The minimum Gasteiger partial charge on any atom is -0.492 e. The SMILES string of the molecule is CN(c1ccccc1)C1C2=C(OC(=O)C1(Cl)Cl)c1ccccc1OCC2. The average Bonchev–Trinajstić information content (AvgIpc) is 2.82. The van der Waals surface area contributed by atoms with Gasteiger partial charge >= 0.3 is 5.97 Å². The number of carbonyl (C=O) groups is 1. The number of carbonyl (C=O) groups excluding carboxylic acids is 1. The quantitative estimate of drug-likeness (QED) is 0.562. The van der Waals surface area contributed by atoms with E-state index in [1.165, 1.54) is 0 Å². The van der Waals surface area contributed by atoms with E-state index in [4.69, 9.17) is 32.7 Å². The summed E-state index contributed by atoms with van der Waals surface area (Å²) in [6.07, 6.45) is 0.556. The maximum absolute atomic E-state index is 12.7. The molecule has 0 saturated heterocycles. The number of esters is 1. The van der Waals surface area contributed by atoms with Crippen molar-refractivity contribution in [2.75, 3.05) is 18.6 Å². The highest BCUT2D eigenvalue weighted by atomic mass is 35.5. The molecule has 0 N–H and O–H groups in total. The van der Waals surface area contributed by atoms with Crippen LogP contribution in [0.5, 0.6) is 5.75 Å². The van der Waals surface area contributed by atoms with Crippen LogP contribution in [0.3, 0.4) is 0 Å². The molecule has 0 amide bonds. The predicted octanol–water partition coefficient (Wildman–Crippen LogP) is 4.42. The summed E-state index contributed by atoms with van der Waals surface area (Å²) in [5.74, 6) is 0.500. The van der Waals surface area contributed by atoms with Gasteiger partial charge in [0.05, 0.1) is 18.2 Å². The highest BCUT2D eigenvalue weighted by molar-refractivity contribution is 6.59. The number of ether oxygens (including phenoxy) is 2. The minimum absolute atomic E-state index is 0.455. The molecule has 1 atom stereocenters. The zero-order valence-corrected chi connectivity index (χ0v) is 15.6. The Morgan fingerprint density at radius 1 is 1.08 bits per heavy atom. The van der Waals surface area contributed by atoms with Crippen molar-refractivity contribution >= 4 is 40.6 Å². The average molecular weight is 390 g/mol. The van der Waals surface area contributed by atoms with Crippen LogP contribution < -0.4 is 9.64 Å². The lowest BCUT2D eigenvalue weighted by Gasteiger charge is -2.41. The topological polar surface area (TPSA) is 38.8 Å². The smallest absolute Gasteiger partial charge is 0.350 e. The van der Waals surface area contributed by atoms with Crippen molar-refractivity contribution in [2.24, 2.45) is 0 Å². The molecule has 2 aromatic carbocycles. The first-order valence-corrected chi connectivity index (χ1v) is 9.09. The molecule has 2 aromatic rings. The fraction of sp³-hybridized carbons (Fsp3) is 0.250. The Bertz CT molecular complexity index is 880. The Morgan fingerprint density at radius 2 is 1.77 bits per heavy atom. The largest absolute Gasteiger partial charge is 0.492 e. The van der Waals surface area contributed by atoms with Crippen molar-refractivity contribution in [1.29, 1.82) is 0 Å². The van der Waals surface area contributed by atoms with Crippen LogP contribution in [-0.2, 0) is 9.53 Å². The van der Waals surface area contributed by atoms with Crippen LogP contribution in [-0.4, -0.2) is 30.0 Å². The molecule has 26 heavy (non-hydrogen) atoms. The van der Waals surface area contributed by atoms with Crippen molar-refractivity contribution in [3.8, 4) is 5.75 Å². The molecule has 0 spiro atoms. The highest BCUT2D eigenvalue weighted by Crippen LogP contribution is 2.47. The number of anilines is 1. The molecule has 0 saturated carbocycles.